The van der Waals surface area contributed by atoms with Crippen LogP contribution in [0.15, 0.2) is 18.3 Å². The number of halogens is 2. The van der Waals surface area contributed by atoms with E-state index in [1.165, 1.54) is 0 Å². The van der Waals surface area contributed by atoms with E-state index >= 15 is 0 Å². The molecule has 0 spiro atoms. The molecule has 21 heavy (non-hydrogen) atoms. The van der Waals surface area contributed by atoms with E-state index < -0.39 is 0 Å². The van der Waals surface area contributed by atoms with Gasteiger partial charge < -0.3 is 15.5 Å². The Kier molecular flexibility index (Phi) is 8.63. The minimum atomic E-state index is 0. The Morgan fingerprint density at radius 1 is 1.33 bits per heavy atom. The average molecular weight is 335 g/mol. The Balaban J connectivity index is 0.00000200. The van der Waals surface area contributed by atoms with Crippen LogP contribution in [0.5, 0.6) is 0 Å². The lowest BCUT2D eigenvalue weighted by Crippen LogP contribution is -2.40. The zero-order valence-electron chi connectivity index (χ0n) is 12.5. The molecule has 1 aliphatic heterocycles. The fourth-order valence-electron chi connectivity index (χ4n) is 2.33. The van der Waals surface area contributed by atoms with Gasteiger partial charge in [0.1, 0.15) is 5.82 Å². The molecule has 0 saturated carbocycles. The number of likely N-dealkylation sites (tertiary alicyclic amines) is 1. The normalized spacial score (nSPS) is 14.9. The first kappa shape index (κ1) is 20.0. The highest BCUT2D eigenvalue weighted by atomic mass is 35.5. The number of carbonyl (C=O) groups excluding carboxylic acids is 1. The average Bonchev–Trinajstić information content (AvgIpc) is 2.46. The summed E-state index contributed by atoms with van der Waals surface area (Å²) in [6.45, 7) is 2.33. The molecule has 1 aromatic rings. The van der Waals surface area contributed by atoms with Crippen molar-refractivity contribution in [3.8, 4) is 0 Å². The number of nitrogens with zero attached hydrogens (tertiary/aromatic N) is 3. The van der Waals surface area contributed by atoms with Gasteiger partial charge in [-0.3, -0.25) is 4.79 Å². The molecule has 1 aliphatic rings. The molecule has 0 bridgehead atoms. The second-order valence-electron chi connectivity index (χ2n) is 5.27. The van der Waals surface area contributed by atoms with Crippen LogP contribution in [0.2, 0.25) is 0 Å². The van der Waals surface area contributed by atoms with E-state index in [2.05, 4.69) is 4.98 Å². The van der Waals surface area contributed by atoms with Crippen LogP contribution in [-0.2, 0) is 0 Å². The van der Waals surface area contributed by atoms with Gasteiger partial charge in [0.05, 0.1) is 5.56 Å². The first-order valence-electron chi connectivity index (χ1n) is 6.74. The van der Waals surface area contributed by atoms with Crippen molar-refractivity contribution in [1.82, 2.24) is 9.88 Å². The molecule has 7 heteroatoms. The summed E-state index contributed by atoms with van der Waals surface area (Å²) in [6.07, 6.45) is 3.67. The van der Waals surface area contributed by atoms with Gasteiger partial charge in [0, 0.05) is 33.4 Å². The van der Waals surface area contributed by atoms with E-state index in [0.29, 0.717) is 11.5 Å². The molecule has 1 fully saturated rings. The maximum absolute atomic E-state index is 12.3. The van der Waals surface area contributed by atoms with Crippen LogP contribution in [0.4, 0.5) is 5.82 Å². The molecule has 0 radical (unpaired) electrons. The number of rotatable bonds is 3. The van der Waals surface area contributed by atoms with Gasteiger partial charge in [-0.15, -0.1) is 24.8 Å². The van der Waals surface area contributed by atoms with Gasteiger partial charge in [-0.1, -0.05) is 0 Å². The Bertz CT molecular complexity index is 431. The summed E-state index contributed by atoms with van der Waals surface area (Å²) in [7, 11) is 3.86. The second-order valence-corrected chi connectivity index (χ2v) is 5.27. The number of carbonyl (C=O) groups is 1. The molecule has 1 amide bonds. The lowest BCUT2D eigenvalue weighted by atomic mass is 9.97. The maximum atomic E-state index is 12.3. The van der Waals surface area contributed by atoms with Crippen LogP contribution < -0.4 is 10.6 Å². The summed E-state index contributed by atoms with van der Waals surface area (Å²) in [6, 6.07) is 3.72. The molecule has 0 aromatic carbocycles. The summed E-state index contributed by atoms with van der Waals surface area (Å²) in [5, 5.41) is 0. The number of nitrogens with two attached hydrogens (primary N) is 1. The Morgan fingerprint density at radius 2 is 1.95 bits per heavy atom. The topological polar surface area (TPSA) is 62.5 Å². The highest BCUT2D eigenvalue weighted by Crippen LogP contribution is 2.18. The van der Waals surface area contributed by atoms with Crippen molar-refractivity contribution in [2.45, 2.75) is 12.8 Å². The van der Waals surface area contributed by atoms with Gasteiger partial charge in [-0.2, -0.15) is 0 Å². The molecular formula is C14H24Cl2N4O. The molecule has 5 nitrogen and oxygen atoms in total. The van der Waals surface area contributed by atoms with Gasteiger partial charge in [-0.25, -0.2) is 4.98 Å². The second kappa shape index (κ2) is 9.07. The van der Waals surface area contributed by atoms with Gasteiger partial charge >= 0.3 is 0 Å². The van der Waals surface area contributed by atoms with Crippen LogP contribution in [0.3, 0.4) is 0 Å². The number of hydrogen-bond acceptors (Lipinski definition) is 4. The van der Waals surface area contributed by atoms with Crippen molar-refractivity contribution in [1.29, 1.82) is 0 Å². The van der Waals surface area contributed by atoms with Crippen molar-refractivity contribution in [3.63, 3.8) is 0 Å². The number of piperidine rings is 1. The number of pyridine rings is 1. The number of hydrogen-bond donors (Lipinski definition) is 1. The van der Waals surface area contributed by atoms with Crippen LogP contribution in [0.25, 0.3) is 0 Å². The molecular weight excluding hydrogens is 311 g/mol. The molecule has 1 saturated heterocycles. The summed E-state index contributed by atoms with van der Waals surface area (Å²) in [5.74, 6) is 1.50. The van der Waals surface area contributed by atoms with E-state index in [1.54, 1.807) is 6.20 Å². The third-order valence-corrected chi connectivity index (χ3v) is 3.69. The fraction of sp³-hybridized carbons (Fsp3) is 0.571. The van der Waals surface area contributed by atoms with Gasteiger partial charge in [0.25, 0.3) is 5.91 Å². The van der Waals surface area contributed by atoms with Crippen molar-refractivity contribution in [3.05, 3.63) is 23.9 Å². The van der Waals surface area contributed by atoms with E-state index in [-0.39, 0.29) is 30.7 Å². The fourth-order valence-corrected chi connectivity index (χ4v) is 2.33. The van der Waals surface area contributed by atoms with Gasteiger partial charge in [0.15, 0.2) is 0 Å². The lowest BCUT2D eigenvalue weighted by Gasteiger charge is -2.31. The monoisotopic (exact) mass is 334 g/mol. The zero-order chi connectivity index (χ0) is 13.8. The van der Waals surface area contributed by atoms with E-state index in [0.717, 1.165) is 38.3 Å². The standard InChI is InChI=1S/C14H22N4O.2ClH/c1-17(2)13-4-3-12(10-16-13)14(19)18-7-5-11(9-15)6-8-18;;/h3-4,10-11H,5-9,15H2,1-2H3;2*1H. The first-order chi connectivity index (χ1) is 9.11. The largest absolute Gasteiger partial charge is 0.363 e. The van der Waals surface area contributed by atoms with Crippen LogP contribution in [-0.4, -0.2) is 49.5 Å². The predicted octanol–water partition coefficient (Wildman–Crippen LogP) is 1.80. The smallest absolute Gasteiger partial charge is 0.255 e. The van der Waals surface area contributed by atoms with E-state index in [1.807, 2.05) is 36.0 Å². The van der Waals surface area contributed by atoms with Crippen molar-refractivity contribution >= 4 is 36.5 Å². The molecule has 2 heterocycles. The summed E-state index contributed by atoms with van der Waals surface area (Å²) in [4.78, 5) is 20.4. The minimum absolute atomic E-state index is 0. The first-order valence-corrected chi connectivity index (χ1v) is 6.74. The van der Waals surface area contributed by atoms with Gasteiger partial charge in [-0.05, 0) is 37.4 Å². The highest BCUT2D eigenvalue weighted by molar-refractivity contribution is 5.94. The third-order valence-electron chi connectivity index (χ3n) is 3.69. The molecule has 0 aliphatic carbocycles. The number of amides is 1. The Hall–Kier alpha value is -1.04. The summed E-state index contributed by atoms with van der Waals surface area (Å²) >= 11 is 0. The molecule has 1 aromatic heterocycles. The summed E-state index contributed by atoms with van der Waals surface area (Å²) in [5.41, 5.74) is 6.33. The van der Waals surface area contributed by atoms with Crippen molar-refractivity contribution < 1.29 is 4.79 Å². The van der Waals surface area contributed by atoms with Crippen molar-refractivity contribution in [2.75, 3.05) is 38.6 Å². The number of aromatic nitrogens is 1. The zero-order valence-corrected chi connectivity index (χ0v) is 14.1. The quantitative estimate of drug-likeness (QED) is 0.915. The maximum Gasteiger partial charge on any atom is 0.255 e. The van der Waals surface area contributed by atoms with Crippen LogP contribution in [0, 0.1) is 5.92 Å². The lowest BCUT2D eigenvalue weighted by molar-refractivity contribution is 0.0693. The predicted molar refractivity (Wildman–Crippen MR) is 90.7 cm³/mol. The third kappa shape index (κ3) is 5.02. The molecule has 2 rings (SSSR count). The number of anilines is 1. The molecule has 0 unspecified atom stereocenters. The molecule has 2 N–H and O–H groups in total. The molecule has 120 valence electrons. The molecule has 0 atom stereocenters. The Morgan fingerprint density at radius 3 is 2.38 bits per heavy atom. The van der Waals surface area contributed by atoms with Crippen LogP contribution >= 0.6 is 24.8 Å². The minimum Gasteiger partial charge on any atom is -0.363 e. The van der Waals surface area contributed by atoms with Crippen LogP contribution in [0.1, 0.15) is 23.2 Å². The highest BCUT2D eigenvalue weighted by Gasteiger charge is 2.22. The SMILES string of the molecule is CN(C)c1ccc(C(=O)N2CCC(CN)CC2)cn1.Cl.Cl. The van der Waals surface area contributed by atoms with Gasteiger partial charge in [0.2, 0.25) is 0 Å². The van der Waals surface area contributed by atoms with E-state index in [4.69, 9.17) is 5.73 Å². The van der Waals surface area contributed by atoms with Crippen molar-refractivity contribution in [2.24, 2.45) is 11.7 Å². The van der Waals surface area contributed by atoms with E-state index in [9.17, 15) is 4.79 Å². The summed E-state index contributed by atoms with van der Waals surface area (Å²) < 4.78 is 0. The Labute approximate surface area is 138 Å².